The van der Waals surface area contributed by atoms with Crippen LogP contribution in [-0.2, 0) is 4.79 Å². The van der Waals surface area contributed by atoms with Crippen LogP contribution in [0.25, 0.3) is 0 Å². The summed E-state index contributed by atoms with van der Waals surface area (Å²) in [6.45, 7) is 2.01. The monoisotopic (exact) mass is 231 g/mol. The van der Waals surface area contributed by atoms with Gasteiger partial charge in [0.2, 0.25) is 5.91 Å². The normalized spacial score (nSPS) is 11.7. The van der Waals surface area contributed by atoms with Crippen LogP contribution in [0.5, 0.6) is 0 Å². The molecule has 0 saturated carbocycles. The van der Waals surface area contributed by atoms with Crippen molar-refractivity contribution in [2.45, 2.75) is 51.9 Å². The highest BCUT2D eigenvalue weighted by molar-refractivity contribution is 5.80. The third kappa shape index (κ3) is 4.94. The molecule has 4 heteroatoms. The minimum atomic E-state index is -0.711. The number of unbranched alkanes of at least 4 members (excludes halogenated alkanes) is 3. The molecule has 0 aliphatic carbocycles. The summed E-state index contributed by atoms with van der Waals surface area (Å²) in [7, 11) is 0. The number of hydrogen-bond acceptors (Lipinski definition) is 3. The number of carbonyl (C=O) groups is 1. The fraction of sp³-hybridized carbons (Fsp3) is 0.917. The van der Waals surface area contributed by atoms with Crippen LogP contribution in [0.1, 0.15) is 51.9 Å². The highest BCUT2D eigenvalue weighted by Crippen LogP contribution is 2.32. The predicted molar refractivity (Wildman–Crippen MR) is 63.8 cm³/mol. The number of nitrogens with two attached hydrogens (primary N) is 1. The van der Waals surface area contributed by atoms with Crippen LogP contribution in [0.4, 0.5) is 0 Å². The quantitative estimate of drug-likeness (QED) is 0.494. The van der Waals surface area contributed by atoms with E-state index in [-0.39, 0.29) is 13.2 Å². The van der Waals surface area contributed by atoms with E-state index in [9.17, 15) is 4.79 Å². The van der Waals surface area contributed by atoms with Crippen LogP contribution in [0.3, 0.4) is 0 Å². The van der Waals surface area contributed by atoms with Gasteiger partial charge in [0.05, 0.1) is 5.41 Å². The molecule has 0 saturated heterocycles. The average Bonchev–Trinajstić information content (AvgIpc) is 2.24. The largest absolute Gasteiger partial charge is 0.396 e. The van der Waals surface area contributed by atoms with E-state index in [0.29, 0.717) is 19.3 Å². The summed E-state index contributed by atoms with van der Waals surface area (Å²) in [5, 5.41) is 18.0. The van der Waals surface area contributed by atoms with Crippen LogP contribution in [0, 0.1) is 5.41 Å². The zero-order chi connectivity index (χ0) is 12.4. The molecular formula is C12H25NO3. The third-order valence-corrected chi connectivity index (χ3v) is 3.21. The summed E-state index contributed by atoms with van der Waals surface area (Å²) < 4.78 is 0. The molecule has 0 radical (unpaired) electrons. The Hall–Kier alpha value is -0.610. The molecule has 0 aromatic heterocycles. The van der Waals surface area contributed by atoms with E-state index in [0.717, 1.165) is 25.7 Å². The first-order chi connectivity index (χ1) is 7.63. The lowest BCUT2D eigenvalue weighted by Gasteiger charge is -2.29. The Balaban J connectivity index is 4.30. The Bertz CT molecular complexity index is 189. The predicted octanol–water partition coefficient (Wildman–Crippen LogP) is 1.19. The second-order valence-corrected chi connectivity index (χ2v) is 4.40. The fourth-order valence-electron chi connectivity index (χ4n) is 2.06. The van der Waals surface area contributed by atoms with Crippen molar-refractivity contribution in [3.8, 4) is 0 Å². The zero-order valence-electron chi connectivity index (χ0n) is 10.2. The van der Waals surface area contributed by atoms with Gasteiger partial charge in [0.1, 0.15) is 0 Å². The number of hydrogen-bond donors (Lipinski definition) is 3. The number of rotatable bonds is 10. The molecule has 96 valence electrons. The van der Waals surface area contributed by atoms with Gasteiger partial charge in [-0.15, -0.1) is 0 Å². The number of carbonyl (C=O) groups excluding carboxylic acids is 1. The summed E-state index contributed by atoms with van der Waals surface area (Å²) in [5.41, 5.74) is 4.69. The maximum absolute atomic E-state index is 11.5. The summed E-state index contributed by atoms with van der Waals surface area (Å²) in [6, 6.07) is 0. The molecule has 0 aromatic rings. The number of primary amides is 1. The fourth-order valence-corrected chi connectivity index (χ4v) is 2.06. The van der Waals surface area contributed by atoms with E-state index >= 15 is 0 Å². The van der Waals surface area contributed by atoms with Gasteiger partial charge in [0, 0.05) is 13.2 Å². The van der Waals surface area contributed by atoms with Crippen molar-refractivity contribution in [2.75, 3.05) is 13.2 Å². The molecule has 0 atom stereocenters. The summed E-state index contributed by atoms with van der Waals surface area (Å²) in [5.74, 6) is -0.396. The summed E-state index contributed by atoms with van der Waals surface area (Å²) >= 11 is 0. The Morgan fingerprint density at radius 2 is 1.62 bits per heavy atom. The first-order valence-corrected chi connectivity index (χ1v) is 6.14. The van der Waals surface area contributed by atoms with Gasteiger partial charge in [0.25, 0.3) is 0 Å². The maximum Gasteiger partial charge on any atom is 0.223 e. The Morgan fingerprint density at radius 3 is 2.00 bits per heavy atom. The average molecular weight is 231 g/mol. The van der Waals surface area contributed by atoms with Gasteiger partial charge in [-0.2, -0.15) is 0 Å². The van der Waals surface area contributed by atoms with E-state index in [2.05, 4.69) is 6.92 Å². The van der Waals surface area contributed by atoms with E-state index in [1.165, 1.54) is 0 Å². The molecule has 0 rings (SSSR count). The standard InChI is InChI=1S/C12H25NO3/c1-2-3-4-5-6-12(7-9-14,8-10-15)11(13)16/h14-15H,2-10H2,1H3,(H2,13,16). The Morgan fingerprint density at radius 1 is 1.06 bits per heavy atom. The van der Waals surface area contributed by atoms with Crippen molar-refractivity contribution < 1.29 is 15.0 Å². The molecule has 0 unspecified atom stereocenters. The van der Waals surface area contributed by atoms with Crippen molar-refractivity contribution in [1.29, 1.82) is 0 Å². The highest BCUT2D eigenvalue weighted by Gasteiger charge is 2.34. The van der Waals surface area contributed by atoms with Crippen molar-refractivity contribution in [3.63, 3.8) is 0 Å². The lowest BCUT2D eigenvalue weighted by molar-refractivity contribution is -0.130. The van der Waals surface area contributed by atoms with E-state index in [4.69, 9.17) is 15.9 Å². The van der Waals surface area contributed by atoms with Crippen LogP contribution in [0.15, 0.2) is 0 Å². The number of aliphatic hydroxyl groups excluding tert-OH is 2. The first-order valence-electron chi connectivity index (χ1n) is 6.14. The van der Waals surface area contributed by atoms with Gasteiger partial charge in [0.15, 0.2) is 0 Å². The van der Waals surface area contributed by atoms with Crippen molar-refractivity contribution in [3.05, 3.63) is 0 Å². The van der Waals surface area contributed by atoms with Crippen LogP contribution < -0.4 is 5.73 Å². The van der Waals surface area contributed by atoms with Gasteiger partial charge in [-0.3, -0.25) is 4.79 Å². The first kappa shape index (κ1) is 15.4. The molecular weight excluding hydrogens is 206 g/mol. The molecule has 0 aliphatic rings. The highest BCUT2D eigenvalue weighted by atomic mass is 16.3. The van der Waals surface area contributed by atoms with Crippen molar-refractivity contribution >= 4 is 5.91 Å². The van der Waals surface area contributed by atoms with Crippen molar-refractivity contribution in [2.24, 2.45) is 11.1 Å². The van der Waals surface area contributed by atoms with Crippen LogP contribution in [-0.4, -0.2) is 29.3 Å². The molecule has 0 aromatic carbocycles. The molecule has 1 amide bonds. The molecule has 4 nitrogen and oxygen atoms in total. The lowest BCUT2D eigenvalue weighted by atomic mass is 9.76. The number of aliphatic hydroxyl groups is 2. The molecule has 4 N–H and O–H groups in total. The molecule has 0 spiro atoms. The van der Waals surface area contributed by atoms with Gasteiger partial charge in [-0.05, 0) is 19.3 Å². The smallest absolute Gasteiger partial charge is 0.223 e. The molecule has 0 aliphatic heterocycles. The molecule has 0 fully saturated rings. The van der Waals surface area contributed by atoms with Gasteiger partial charge in [-0.1, -0.05) is 32.6 Å². The maximum atomic E-state index is 11.5. The Labute approximate surface area is 97.8 Å². The second kappa shape index (κ2) is 8.53. The molecule has 0 heterocycles. The zero-order valence-corrected chi connectivity index (χ0v) is 10.2. The van der Waals surface area contributed by atoms with Crippen LogP contribution >= 0.6 is 0 Å². The Kier molecular flexibility index (Phi) is 8.21. The van der Waals surface area contributed by atoms with Gasteiger partial charge in [-0.25, -0.2) is 0 Å². The number of amides is 1. The van der Waals surface area contributed by atoms with Gasteiger partial charge >= 0.3 is 0 Å². The summed E-state index contributed by atoms with van der Waals surface area (Å²) in [4.78, 5) is 11.5. The lowest BCUT2D eigenvalue weighted by Crippen LogP contribution is -2.39. The molecule has 16 heavy (non-hydrogen) atoms. The summed E-state index contributed by atoms with van der Waals surface area (Å²) in [6.07, 6.45) is 5.67. The van der Waals surface area contributed by atoms with E-state index < -0.39 is 11.3 Å². The third-order valence-electron chi connectivity index (χ3n) is 3.21. The molecule has 0 bridgehead atoms. The minimum Gasteiger partial charge on any atom is -0.396 e. The van der Waals surface area contributed by atoms with Crippen LogP contribution in [0.2, 0.25) is 0 Å². The van der Waals surface area contributed by atoms with Crippen molar-refractivity contribution in [1.82, 2.24) is 0 Å². The SMILES string of the molecule is CCCCCCC(CCO)(CCO)C(N)=O. The second-order valence-electron chi connectivity index (χ2n) is 4.40. The van der Waals surface area contributed by atoms with Gasteiger partial charge < -0.3 is 15.9 Å². The van der Waals surface area contributed by atoms with E-state index in [1.807, 2.05) is 0 Å². The van der Waals surface area contributed by atoms with E-state index in [1.54, 1.807) is 0 Å². The topological polar surface area (TPSA) is 83.6 Å². The minimum absolute atomic E-state index is 0.0588.